The van der Waals surface area contributed by atoms with Crippen LogP contribution >= 0.6 is 0 Å². The van der Waals surface area contributed by atoms with Crippen molar-refractivity contribution in [2.75, 3.05) is 13.1 Å². The molecule has 5 rings (SSSR count). The third-order valence-electron chi connectivity index (χ3n) is 6.49. The Morgan fingerprint density at radius 1 is 1.03 bits per heavy atom. The molecule has 7 nitrogen and oxygen atoms in total. The number of nitrogens with one attached hydrogen (secondary N) is 1. The van der Waals surface area contributed by atoms with Crippen LogP contribution in [0.3, 0.4) is 0 Å². The Bertz CT molecular complexity index is 1090. The SMILES string of the molecule is O=C(c1ccc(-c2ccccc2)[nH]c1=O)N1C[C@H]2C[C@@H](n3cccn3)[C@H](O)C[C@H]2C1. The third-order valence-corrected chi connectivity index (χ3v) is 6.49. The molecule has 4 atom stereocenters. The predicted octanol–water partition coefficient (Wildman–Crippen LogP) is 2.32. The molecule has 2 aliphatic rings. The van der Waals surface area contributed by atoms with Crippen LogP contribution in [0.15, 0.2) is 65.7 Å². The third kappa shape index (κ3) is 3.35. The number of nitrogens with zero attached hydrogens (tertiary/aromatic N) is 3. The first-order valence-corrected chi connectivity index (χ1v) is 10.4. The fourth-order valence-electron chi connectivity index (χ4n) is 4.93. The molecule has 1 aliphatic heterocycles. The molecule has 2 N–H and O–H groups in total. The monoisotopic (exact) mass is 404 g/mol. The second-order valence-electron chi connectivity index (χ2n) is 8.30. The Labute approximate surface area is 174 Å². The maximum Gasteiger partial charge on any atom is 0.261 e. The Hall–Kier alpha value is -3.19. The lowest BCUT2D eigenvalue weighted by Crippen LogP contribution is -2.36. The van der Waals surface area contributed by atoms with Crippen molar-refractivity contribution in [2.24, 2.45) is 11.8 Å². The number of hydrogen-bond acceptors (Lipinski definition) is 4. The molecule has 154 valence electrons. The summed E-state index contributed by atoms with van der Waals surface area (Å²) in [6, 6.07) is 14.8. The minimum absolute atomic E-state index is 0.0649. The molecular weight excluding hydrogens is 380 g/mol. The molecule has 0 bridgehead atoms. The van der Waals surface area contributed by atoms with Crippen molar-refractivity contribution in [2.45, 2.75) is 25.0 Å². The summed E-state index contributed by atoms with van der Waals surface area (Å²) in [5.74, 6) is 0.308. The van der Waals surface area contributed by atoms with E-state index in [1.807, 2.05) is 47.3 Å². The molecule has 1 saturated carbocycles. The highest BCUT2D eigenvalue weighted by Gasteiger charge is 2.44. The number of amides is 1. The number of carbonyl (C=O) groups is 1. The highest BCUT2D eigenvalue weighted by atomic mass is 16.3. The summed E-state index contributed by atoms with van der Waals surface area (Å²) in [6.45, 7) is 1.18. The van der Waals surface area contributed by atoms with E-state index in [1.54, 1.807) is 23.2 Å². The van der Waals surface area contributed by atoms with E-state index in [0.717, 1.165) is 12.0 Å². The minimum atomic E-state index is -0.477. The number of rotatable bonds is 3. The van der Waals surface area contributed by atoms with E-state index in [2.05, 4.69) is 10.1 Å². The average molecular weight is 404 g/mol. The highest BCUT2D eigenvalue weighted by molar-refractivity contribution is 5.94. The van der Waals surface area contributed by atoms with Crippen LogP contribution in [0.2, 0.25) is 0 Å². The summed E-state index contributed by atoms with van der Waals surface area (Å²) in [5.41, 5.74) is 1.39. The standard InChI is InChI=1S/C23H24N4O3/c28-21-12-17-14-26(13-16(17)11-20(21)27-10-4-9-24-27)23(30)18-7-8-19(25-22(18)29)15-5-2-1-3-6-15/h1-10,16-17,20-21,28H,11-14H2,(H,25,29)/t16-,17+,20-,21-/m1/s1. The van der Waals surface area contributed by atoms with E-state index in [-0.39, 0.29) is 29.0 Å². The quantitative estimate of drug-likeness (QED) is 0.701. The van der Waals surface area contributed by atoms with Crippen LogP contribution in [-0.4, -0.2) is 49.9 Å². The number of aliphatic hydroxyl groups is 1. The predicted molar refractivity (Wildman–Crippen MR) is 112 cm³/mol. The molecule has 1 amide bonds. The number of pyridine rings is 1. The number of likely N-dealkylation sites (tertiary alicyclic amines) is 1. The molecule has 3 aromatic rings. The van der Waals surface area contributed by atoms with Crippen LogP contribution < -0.4 is 5.56 Å². The van der Waals surface area contributed by atoms with Crippen LogP contribution in [-0.2, 0) is 0 Å². The average Bonchev–Trinajstić information content (AvgIpc) is 3.43. The van der Waals surface area contributed by atoms with Crippen molar-refractivity contribution < 1.29 is 9.90 Å². The lowest BCUT2D eigenvalue weighted by atomic mass is 9.77. The number of aliphatic hydroxyl groups excluding tert-OH is 1. The zero-order valence-electron chi connectivity index (χ0n) is 16.5. The minimum Gasteiger partial charge on any atom is -0.391 e. The fraction of sp³-hybridized carbons (Fsp3) is 0.348. The van der Waals surface area contributed by atoms with Crippen LogP contribution in [0.5, 0.6) is 0 Å². The molecule has 30 heavy (non-hydrogen) atoms. The molecule has 0 spiro atoms. The maximum absolute atomic E-state index is 13.1. The summed E-state index contributed by atoms with van der Waals surface area (Å²) in [5, 5.41) is 14.9. The van der Waals surface area contributed by atoms with Gasteiger partial charge in [-0.1, -0.05) is 30.3 Å². The van der Waals surface area contributed by atoms with Gasteiger partial charge in [0.1, 0.15) is 5.56 Å². The van der Waals surface area contributed by atoms with Crippen molar-refractivity contribution >= 4 is 5.91 Å². The van der Waals surface area contributed by atoms with Crippen molar-refractivity contribution in [1.29, 1.82) is 0 Å². The van der Waals surface area contributed by atoms with E-state index >= 15 is 0 Å². The Balaban J connectivity index is 1.33. The molecule has 0 unspecified atom stereocenters. The molecule has 1 saturated heterocycles. The van der Waals surface area contributed by atoms with Crippen molar-refractivity contribution in [3.05, 3.63) is 76.8 Å². The smallest absolute Gasteiger partial charge is 0.261 e. The summed E-state index contributed by atoms with van der Waals surface area (Å²) >= 11 is 0. The van der Waals surface area contributed by atoms with Gasteiger partial charge in [-0.2, -0.15) is 5.10 Å². The second-order valence-corrected chi connectivity index (χ2v) is 8.30. The van der Waals surface area contributed by atoms with Gasteiger partial charge in [0.05, 0.1) is 12.1 Å². The number of aromatic nitrogens is 3. The first-order chi connectivity index (χ1) is 14.6. The number of carbonyl (C=O) groups excluding carboxylic acids is 1. The molecule has 0 radical (unpaired) electrons. The molecule has 1 aliphatic carbocycles. The first-order valence-electron chi connectivity index (χ1n) is 10.4. The lowest BCUT2D eigenvalue weighted by Gasteiger charge is -2.35. The van der Waals surface area contributed by atoms with Crippen LogP contribution in [0.1, 0.15) is 29.2 Å². The maximum atomic E-state index is 13.1. The second kappa shape index (κ2) is 7.57. The van der Waals surface area contributed by atoms with Gasteiger partial charge in [-0.3, -0.25) is 14.3 Å². The van der Waals surface area contributed by atoms with E-state index < -0.39 is 6.10 Å². The summed E-state index contributed by atoms with van der Waals surface area (Å²) < 4.78 is 1.82. The lowest BCUT2D eigenvalue weighted by molar-refractivity contribution is 0.0306. The Kier molecular flexibility index (Phi) is 4.75. The van der Waals surface area contributed by atoms with E-state index in [1.165, 1.54) is 0 Å². The molecule has 2 aromatic heterocycles. The summed E-state index contributed by atoms with van der Waals surface area (Å²) in [4.78, 5) is 30.3. The van der Waals surface area contributed by atoms with Gasteiger partial charge in [-0.05, 0) is 48.4 Å². The normalized spacial score (nSPS) is 25.8. The zero-order valence-corrected chi connectivity index (χ0v) is 16.5. The number of H-pyrrole nitrogens is 1. The van der Waals surface area contributed by atoms with Crippen molar-refractivity contribution in [3.63, 3.8) is 0 Å². The topological polar surface area (TPSA) is 91.2 Å². The molecule has 3 heterocycles. The largest absolute Gasteiger partial charge is 0.391 e. The van der Waals surface area contributed by atoms with E-state index in [4.69, 9.17) is 0 Å². The van der Waals surface area contributed by atoms with Gasteiger partial charge in [-0.15, -0.1) is 0 Å². The van der Waals surface area contributed by atoms with Gasteiger partial charge in [-0.25, -0.2) is 0 Å². The molecule has 7 heteroatoms. The van der Waals surface area contributed by atoms with Crippen LogP contribution in [0.25, 0.3) is 11.3 Å². The van der Waals surface area contributed by atoms with Crippen molar-refractivity contribution in [3.8, 4) is 11.3 Å². The number of fused-ring (bicyclic) bond motifs is 1. The van der Waals surface area contributed by atoms with Gasteiger partial charge in [0.25, 0.3) is 11.5 Å². The van der Waals surface area contributed by atoms with Gasteiger partial charge in [0.15, 0.2) is 0 Å². The van der Waals surface area contributed by atoms with Gasteiger partial charge in [0, 0.05) is 31.2 Å². The van der Waals surface area contributed by atoms with Crippen LogP contribution in [0, 0.1) is 11.8 Å². The zero-order chi connectivity index (χ0) is 20.7. The fourth-order valence-corrected chi connectivity index (χ4v) is 4.93. The van der Waals surface area contributed by atoms with E-state index in [9.17, 15) is 14.7 Å². The van der Waals surface area contributed by atoms with E-state index in [0.29, 0.717) is 31.1 Å². The summed E-state index contributed by atoms with van der Waals surface area (Å²) in [7, 11) is 0. The highest BCUT2D eigenvalue weighted by Crippen LogP contribution is 2.41. The number of hydrogen-bond donors (Lipinski definition) is 2. The van der Waals surface area contributed by atoms with Crippen LogP contribution in [0.4, 0.5) is 0 Å². The van der Waals surface area contributed by atoms with Gasteiger partial charge < -0.3 is 15.0 Å². The van der Waals surface area contributed by atoms with Gasteiger partial charge >= 0.3 is 0 Å². The molecule has 2 fully saturated rings. The Morgan fingerprint density at radius 2 is 1.80 bits per heavy atom. The first kappa shape index (κ1) is 18.8. The number of benzene rings is 1. The molecular formula is C23H24N4O3. The van der Waals surface area contributed by atoms with Gasteiger partial charge in [0.2, 0.25) is 0 Å². The summed E-state index contributed by atoms with van der Waals surface area (Å²) in [6.07, 6.45) is 4.53. The Morgan fingerprint density at radius 3 is 2.50 bits per heavy atom. The number of aromatic amines is 1. The molecule has 1 aromatic carbocycles. The van der Waals surface area contributed by atoms with Crippen molar-refractivity contribution in [1.82, 2.24) is 19.7 Å².